The molecule has 0 aliphatic carbocycles. The Morgan fingerprint density at radius 2 is 1.76 bits per heavy atom. The van der Waals surface area contributed by atoms with Crippen LogP contribution in [0.2, 0.25) is 5.02 Å². The summed E-state index contributed by atoms with van der Waals surface area (Å²) in [6.45, 7) is 0. The molecule has 1 aromatic carbocycles. The highest BCUT2D eigenvalue weighted by Gasteiger charge is 2.48. The molecule has 2 aliphatic heterocycles. The van der Waals surface area contributed by atoms with E-state index in [1.54, 1.807) is 33.6 Å². The maximum atomic E-state index is 13.3. The topological polar surface area (TPSA) is 77.3 Å². The molecule has 2 aliphatic rings. The van der Waals surface area contributed by atoms with Gasteiger partial charge < -0.3 is 4.74 Å². The van der Waals surface area contributed by atoms with Gasteiger partial charge in [0.15, 0.2) is 0 Å². The summed E-state index contributed by atoms with van der Waals surface area (Å²) in [5.41, 5.74) is 0. The monoisotopic (exact) mass is 382 g/mol. The van der Waals surface area contributed by atoms with Crippen LogP contribution >= 0.6 is 11.6 Å². The Hall–Kier alpha value is -1.64. The van der Waals surface area contributed by atoms with Gasteiger partial charge in [0.1, 0.15) is 10.6 Å². The third-order valence-corrected chi connectivity index (χ3v) is 7.35. The van der Waals surface area contributed by atoms with Crippen LogP contribution in [-0.4, -0.2) is 46.9 Å². The predicted octanol–water partition coefficient (Wildman–Crippen LogP) is 2.50. The van der Waals surface area contributed by atoms with Crippen LogP contribution in [0.25, 0.3) is 0 Å². The molecule has 0 amide bonds. The third kappa shape index (κ3) is 2.82. The molecule has 3 heterocycles. The molecule has 0 spiro atoms. The molecule has 4 rings (SSSR count). The molecule has 2 aromatic rings. The highest BCUT2D eigenvalue weighted by molar-refractivity contribution is 7.89. The summed E-state index contributed by atoms with van der Waals surface area (Å²) in [5.74, 6) is 0.319. The normalized spacial score (nSPS) is 26.7. The second-order valence-electron chi connectivity index (χ2n) is 6.49. The van der Waals surface area contributed by atoms with Gasteiger partial charge in [0, 0.05) is 17.1 Å². The summed E-state index contributed by atoms with van der Waals surface area (Å²) in [4.78, 5) is 1.84. The highest BCUT2D eigenvalue weighted by atomic mass is 35.5. The van der Waals surface area contributed by atoms with Gasteiger partial charge in [-0.15, -0.1) is 0 Å². The van der Waals surface area contributed by atoms with Crippen LogP contribution in [0.1, 0.15) is 31.7 Å². The lowest BCUT2D eigenvalue weighted by Crippen LogP contribution is -2.47. The fraction of sp³-hybridized carbons (Fsp3) is 0.500. The Labute approximate surface area is 151 Å². The number of aromatic nitrogens is 3. The molecular weight excluding hydrogens is 364 g/mol. The molecule has 0 unspecified atom stereocenters. The second kappa shape index (κ2) is 6.26. The first-order chi connectivity index (χ1) is 12.0. The Morgan fingerprint density at radius 1 is 1.12 bits per heavy atom. The van der Waals surface area contributed by atoms with Crippen molar-refractivity contribution in [2.24, 2.45) is 0 Å². The van der Waals surface area contributed by atoms with E-state index in [1.807, 2.05) is 0 Å². The van der Waals surface area contributed by atoms with Crippen molar-refractivity contribution in [3.63, 3.8) is 0 Å². The Morgan fingerprint density at radius 3 is 2.36 bits per heavy atom. The lowest BCUT2D eigenvalue weighted by Gasteiger charge is -2.37. The van der Waals surface area contributed by atoms with E-state index in [1.165, 1.54) is 13.2 Å². The number of hydrogen-bond acceptors (Lipinski definition) is 5. The average Bonchev–Trinajstić information content (AvgIpc) is 3.22. The lowest BCUT2D eigenvalue weighted by atomic mass is 10.0. The van der Waals surface area contributed by atoms with Gasteiger partial charge in [0.25, 0.3) is 0 Å². The fourth-order valence-corrected chi connectivity index (χ4v) is 6.38. The number of hydrogen-bond donors (Lipinski definition) is 0. The van der Waals surface area contributed by atoms with E-state index in [2.05, 4.69) is 10.2 Å². The average molecular weight is 383 g/mol. The second-order valence-corrected chi connectivity index (χ2v) is 8.74. The molecule has 134 valence electrons. The number of benzene rings is 1. The standard InChI is InChI=1S/C16H19ClN4O3S/c1-24-15-5-2-11(17)8-16(15)25(22,23)20-12-3-4-13(20)10-14(9-12)21-18-6-7-19-21/h2,5-8,12-14H,3-4,9-10H2,1H3/t12-,13-/m0/s1. The van der Waals surface area contributed by atoms with Crippen LogP contribution in [0, 0.1) is 0 Å². The van der Waals surface area contributed by atoms with Crippen LogP contribution in [0.3, 0.4) is 0 Å². The van der Waals surface area contributed by atoms with E-state index < -0.39 is 10.0 Å². The molecule has 2 fully saturated rings. The number of ether oxygens (including phenoxy) is 1. The first-order valence-electron chi connectivity index (χ1n) is 8.23. The van der Waals surface area contributed by atoms with Gasteiger partial charge >= 0.3 is 0 Å². The predicted molar refractivity (Wildman–Crippen MR) is 92.1 cm³/mol. The highest BCUT2D eigenvalue weighted by Crippen LogP contribution is 2.44. The molecule has 9 heteroatoms. The molecule has 25 heavy (non-hydrogen) atoms. The maximum absolute atomic E-state index is 13.3. The number of halogens is 1. The van der Waals surface area contributed by atoms with Gasteiger partial charge in [-0.25, -0.2) is 8.42 Å². The van der Waals surface area contributed by atoms with Crippen molar-refractivity contribution >= 4 is 21.6 Å². The van der Waals surface area contributed by atoms with E-state index in [9.17, 15) is 8.42 Å². The van der Waals surface area contributed by atoms with Crippen molar-refractivity contribution in [1.82, 2.24) is 19.3 Å². The van der Waals surface area contributed by atoms with Gasteiger partial charge in [-0.3, -0.25) is 0 Å². The van der Waals surface area contributed by atoms with Crippen molar-refractivity contribution in [1.29, 1.82) is 0 Å². The van der Waals surface area contributed by atoms with Crippen LogP contribution in [0.15, 0.2) is 35.5 Å². The van der Waals surface area contributed by atoms with Gasteiger partial charge in [0.05, 0.1) is 25.5 Å². The van der Waals surface area contributed by atoms with Gasteiger partial charge in [0.2, 0.25) is 10.0 Å². The quantitative estimate of drug-likeness (QED) is 0.811. The number of sulfonamides is 1. The molecule has 7 nitrogen and oxygen atoms in total. The zero-order chi connectivity index (χ0) is 17.6. The smallest absolute Gasteiger partial charge is 0.247 e. The number of nitrogens with zero attached hydrogens (tertiary/aromatic N) is 4. The number of rotatable bonds is 4. The largest absolute Gasteiger partial charge is 0.495 e. The molecule has 2 atom stereocenters. The summed E-state index contributed by atoms with van der Waals surface area (Å²) in [6, 6.07) is 4.73. The minimum Gasteiger partial charge on any atom is -0.495 e. The van der Waals surface area contributed by atoms with Crippen molar-refractivity contribution in [3.05, 3.63) is 35.6 Å². The Kier molecular flexibility index (Phi) is 4.21. The van der Waals surface area contributed by atoms with E-state index in [-0.39, 0.29) is 23.0 Å². The van der Waals surface area contributed by atoms with Crippen molar-refractivity contribution < 1.29 is 13.2 Å². The lowest BCUT2D eigenvalue weighted by molar-refractivity contribution is 0.174. The summed E-state index contributed by atoms with van der Waals surface area (Å²) in [5, 5.41) is 8.82. The van der Waals surface area contributed by atoms with E-state index in [0.29, 0.717) is 23.6 Å². The van der Waals surface area contributed by atoms with Gasteiger partial charge in [-0.2, -0.15) is 19.3 Å². The summed E-state index contributed by atoms with van der Waals surface area (Å²) < 4.78 is 33.6. The molecule has 0 saturated carbocycles. The van der Waals surface area contributed by atoms with E-state index in [0.717, 1.165) is 12.8 Å². The van der Waals surface area contributed by atoms with Crippen LogP contribution in [-0.2, 0) is 10.0 Å². The Bertz CT molecular complexity index is 858. The summed E-state index contributed by atoms with van der Waals surface area (Å²) >= 11 is 6.04. The summed E-state index contributed by atoms with van der Waals surface area (Å²) in [7, 11) is -2.22. The van der Waals surface area contributed by atoms with Gasteiger partial charge in [-0.1, -0.05) is 11.6 Å². The minimum atomic E-state index is -3.68. The minimum absolute atomic E-state index is 0.0524. The van der Waals surface area contributed by atoms with Crippen LogP contribution in [0.5, 0.6) is 5.75 Å². The maximum Gasteiger partial charge on any atom is 0.247 e. The Balaban J connectivity index is 1.68. The van der Waals surface area contributed by atoms with Crippen LogP contribution < -0.4 is 4.74 Å². The van der Waals surface area contributed by atoms with Crippen molar-refractivity contribution in [2.75, 3.05) is 7.11 Å². The van der Waals surface area contributed by atoms with Crippen molar-refractivity contribution in [2.45, 2.75) is 48.7 Å². The zero-order valence-electron chi connectivity index (χ0n) is 13.7. The first kappa shape index (κ1) is 16.8. The van der Waals surface area contributed by atoms with Gasteiger partial charge in [-0.05, 0) is 43.9 Å². The molecule has 2 saturated heterocycles. The zero-order valence-corrected chi connectivity index (χ0v) is 15.3. The van der Waals surface area contributed by atoms with Crippen LogP contribution in [0.4, 0.5) is 0 Å². The number of fused-ring (bicyclic) bond motifs is 2. The molecule has 0 radical (unpaired) electrons. The molecular formula is C16H19ClN4O3S. The van der Waals surface area contributed by atoms with Crippen molar-refractivity contribution in [3.8, 4) is 5.75 Å². The molecule has 1 aromatic heterocycles. The summed E-state index contributed by atoms with van der Waals surface area (Å²) in [6.07, 6.45) is 6.44. The number of methoxy groups -OCH3 is 1. The SMILES string of the molecule is COc1ccc(Cl)cc1S(=O)(=O)N1[C@H]2CC[C@H]1CC(n1nccn1)C2. The van der Waals surface area contributed by atoms with E-state index in [4.69, 9.17) is 16.3 Å². The van der Waals surface area contributed by atoms with E-state index >= 15 is 0 Å². The molecule has 2 bridgehead atoms. The fourth-order valence-electron chi connectivity index (χ4n) is 4.07. The first-order valence-corrected chi connectivity index (χ1v) is 10.1. The number of piperidine rings is 1. The third-order valence-electron chi connectivity index (χ3n) is 5.09. The molecule has 0 N–H and O–H groups in total.